The zero-order valence-electron chi connectivity index (χ0n) is 21.4. The number of halogens is 2. The van der Waals surface area contributed by atoms with E-state index < -0.39 is 29.3 Å². The molecule has 2 aromatic rings. The third-order valence-corrected chi connectivity index (χ3v) is 6.19. The van der Waals surface area contributed by atoms with Crippen molar-refractivity contribution in [2.45, 2.75) is 77.7 Å². The summed E-state index contributed by atoms with van der Waals surface area (Å²) in [5, 5.41) is 20.7. The second-order valence-electron chi connectivity index (χ2n) is 10.6. The number of rotatable bonds is 8. The number of nitrogens with one attached hydrogen (secondary N) is 3. The molecule has 2 aromatic carbocycles. The molecule has 8 heteroatoms. The number of ether oxygens (including phenoxy) is 1. The monoisotopic (exact) mass is 489 g/mol. The molecule has 6 nitrogen and oxygen atoms in total. The highest BCUT2D eigenvalue weighted by atomic mass is 19.1. The van der Waals surface area contributed by atoms with Gasteiger partial charge in [0, 0.05) is 37.3 Å². The number of benzene rings is 2. The molecule has 3 unspecified atom stereocenters. The fourth-order valence-electron chi connectivity index (χ4n) is 4.59. The van der Waals surface area contributed by atoms with E-state index in [2.05, 4.69) is 22.9 Å². The lowest BCUT2D eigenvalue weighted by Gasteiger charge is -2.40. The Morgan fingerprint density at radius 2 is 1.86 bits per heavy atom. The first-order chi connectivity index (χ1) is 16.3. The van der Waals surface area contributed by atoms with Crippen LogP contribution in [-0.2, 0) is 16.8 Å². The lowest BCUT2D eigenvalue weighted by Crippen LogP contribution is -2.53. The van der Waals surface area contributed by atoms with Crippen molar-refractivity contribution in [2.24, 2.45) is 0 Å². The topological polar surface area (TPSA) is 82.6 Å². The van der Waals surface area contributed by atoms with E-state index in [0.717, 1.165) is 41.6 Å². The van der Waals surface area contributed by atoms with Crippen LogP contribution >= 0.6 is 0 Å². The van der Waals surface area contributed by atoms with Gasteiger partial charge in [-0.3, -0.25) is 4.79 Å². The Hall–Kier alpha value is -2.71. The van der Waals surface area contributed by atoms with Crippen molar-refractivity contribution >= 4 is 11.6 Å². The first-order valence-corrected chi connectivity index (χ1v) is 12.0. The van der Waals surface area contributed by atoms with Gasteiger partial charge in [0.1, 0.15) is 23.0 Å². The smallest absolute Gasteiger partial charge is 0.217 e. The van der Waals surface area contributed by atoms with E-state index in [4.69, 9.17) is 4.74 Å². The van der Waals surface area contributed by atoms with E-state index in [1.54, 1.807) is 0 Å². The summed E-state index contributed by atoms with van der Waals surface area (Å²) in [4.78, 5) is 11.8. The van der Waals surface area contributed by atoms with E-state index in [1.807, 2.05) is 39.8 Å². The third-order valence-electron chi connectivity index (χ3n) is 6.19. The maximum Gasteiger partial charge on any atom is 0.217 e. The minimum absolute atomic E-state index is 0.0919. The predicted molar refractivity (Wildman–Crippen MR) is 134 cm³/mol. The molecule has 4 N–H and O–H groups in total. The average Bonchev–Trinajstić information content (AvgIpc) is 2.70. The molecule has 0 aromatic heterocycles. The number of aliphatic hydroxyl groups is 1. The minimum atomic E-state index is -0.990. The minimum Gasteiger partial charge on any atom is -0.488 e. The number of fused-ring (bicyclic) bond motifs is 1. The number of aliphatic hydroxyl groups excluding tert-OH is 1. The first-order valence-electron chi connectivity index (χ1n) is 12.0. The molecule has 1 amide bonds. The third kappa shape index (κ3) is 7.15. The highest BCUT2D eigenvalue weighted by Crippen LogP contribution is 2.40. The fourth-order valence-corrected chi connectivity index (χ4v) is 4.59. The van der Waals surface area contributed by atoms with Gasteiger partial charge in [0.25, 0.3) is 0 Å². The van der Waals surface area contributed by atoms with Crippen LogP contribution in [-0.4, -0.2) is 41.9 Å². The van der Waals surface area contributed by atoms with Crippen molar-refractivity contribution < 1.29 is 23.4 Å². The van der Waals surface area contributed by atoms with Crippen molar-refractivity contribution in [2.75, 3.05) is 18.4 Å². The number of carbonyl (C=O) groups excluding carboxylic acids is 1. The molecule has 3 atom stereocenters. The first kappa shape index (κ1) is 26.9. The number of carbonyl (C=O) groups is 1. The summed E-state index contributed by atoms with van der Waals surface area (Å²) in [7, 11) is 0. The lowest BCUT2D eigenvalue weighted by molar-refractivity contribution is -0.120. The predicted octanol–water partition coefficient (Wildman–Crippen LogP) is 4.18. The number of hydrogen-bond acceptors (Lipinski definition) is 5. The van der Waals surface area contributed by atoms with Gasteiger partial charge in [-0.15, -0.1) is 0 Å². The van der Waals surface area contributed by atoms with Crippen molar-refractivity contribution in [3.63, 3.8) is 0 Å². The van der Waals surface area contributed by atoms with Crippen molar-refractivity contribution in [1.29, 1.82) is 0 Å². The highest BCUT2D eigenvalue weighted by Gasteiger charge is 2.35. The largest absolute Gasteiger partial charge is 0.488 e. The second kappa shape index (κ2) is 10.5. The van der Waals surface area contributed by atoms with E-state index in [-0.39, 0.29) is 24.5 Å². The zero-order chi connectivity index (χ0) is 26.0. The molecule has 0 spiro atoms. The molecule has 0 fully saturated rings. The maximum absolute atomic E-state index is 13.7. The molecular formula is C27H37F2N3O3. The van der Waals surface area contributed by atoms with Crippen LogP contribution in [0.3, 0.4) is 0 Å². The second-order valence-corrected chi connectivity index (χ2v) is 10.6. The summed E-state index contributed by atoms with van der Waals surface area (Å²) in [6.07, 6.45) is -0.129. The van der Waals surface area contributed by atoms with Crippen LogP contribution in [0.15, 0.2) is 30.3 Å². The normalized spacial score (nSPS) is 19.3. The van der Waals surface area contributed by atoms with Crippen LogP contribution in [0, 0.1) is 18.6 Å². The van der Waals surface area contributed by atoms with Crippen molar-refractivity contribution in [3.8, 4) is 5.75 Å². The molecule has 0 bridgehead atoms. The van der Waals surface area contributed by atoms with E-state index in [1.165, 1.54) is 19.1 Å². The molecule has 1 heterocycles. The molecule has 0 aliphatic carbocycles. The molecule has 1 aliphatic heterocycles. The SMILES string of the molecule is CC(=O)NC(Cc1cc(F)cc(F)c1)C(O)CNC1(C)CCNc2c(C)cc(OC(C)(C)C)cc21. The Balaban J connectivity index is 1.81. The quantitative estimate of drug-likeness (QED) is 0.447. The van der Waals surface area contributed by atoms with Crippen LogP contribution in [0.5, 0.6) is 5.75 Å². The van der Waals surface area contributed by atoms with Crippen LogP contribution < -0.4 is 20.7 Å². The van der Waals surface area contributed by atoms with Gasteiger partial charge >= 0.3 is 0 Å². The van der Waals surface area contributed by atoms with Crippen LogP contribution in [0.1, 0.15) is 57.7 Å². The van der Waals surface area contributed by atoms with E-state index in [9.17, 15) is 18.7 Å². The Kier molecular flexibility index (Phi) is 8.07. The Morgan fingerprint density at radius 1 is 1.20 bits per heavy atom. The van der Waals surface area contributed by atoms with E-state index >= 15 is 0 Å². The van der Waals surface area contributed by atoms with Crippen molar-refractivity contribution in [1.82, 2.24) is 10.6 Å². The van der Waals surface area contributed by atoms with Gasteiger partial charge < -0.3 is 25.8 Å². The van der Waals surface area contributed by atoms with Gasteiger partial charge in [-0.25, -0.2) is 8.78 Å². The zero-order valence-corrected chi connectivity index (χ0v) is 21.4. The number of aryl methyl sites for hydroxylation is 1. The fraction of sp³-hybridized carbons (Fsp3) is 0.519. The van der Waals surface area contributed by atoms with Gasteiger partial charge in [0.05, 0.1) is 12.1 Å². The molecule has 0 saturated heterocycles. The number of anilines is 1. The molecule has 35 heavy (non-hydrogen) atoms. The number of hydrogen-bond donors (Lipinski definition) is 4. The maximum atomic E-state index is 13.7. The summed E-state index contributed by atoms with van der Waals surface area (Å²) in [6.45, 7) is 12.4. The molecule has 0 radical (unpaired) electrons. The molecule has 3 rings (SSSR count). The Morgan fingerprint density at radius 3 is 2.46 bits per heavy atom. The summed E-state index contributed by atoms with van der Waals surface area (Å²) >= 11 is 0. The van der Waals surface area contributed by atoms with Gasteiger partial charge in [0.15, 0.2) is 0 Å². The Labute approximate surface area is 206 Å². The molecular weight excluding hydrogens is 452 g/mol. The van der Waals surface area contributed by atoms with Crippen LogP contribution in [0.25, 0.3) is 0 Å². The summed E-state index contributed by atoms with van der Waals surface area (Å²) in [5.41, 5.74) is 2.70. The average molecular weight is 490 g/mol. The van der Waals surface area contributed by atoms with Gasteiger partial charge in [-0.05, 0) is 88.4 Å². The van der Waals surface area contributed by atoms with Crippen LogP contribution in [0.2, 0.25) is 0 Å². The molecule has 0 saturated carbocycles. The molecule has 192 valence electrons. The van der Waals surface area contributed by atoms with Crippen molar-refractivity contribution in [3.05, 3.63) is 58.7 Å². The highest BCUT2D eigenvalue weighted by molar-refractivity contribution is 5.73. The lowest BCUT2D eigenvalue weighted by atomic mass is 9.82. The van der Waals surface area contributed by atoms with Gasteiger partial charge in [-0.2, -0.15) is 0 Å². The summed E-state index contributed by atoms with van der Waals surface area (Å²) < 4.78 is 33.5. The van der Waals surface area contributed by atoms with Crippen LogP contribution in [0.4, 0.5) is 14.5 Å². The standard InChI is InChI=1S/C27H37F2N3O3/c1-16-9-21(35-26(3,4)5)14-22-25(16)30-8-7-27(22,6)31-15-24(34)23(32-17(2)33)12-18-10-19(28)13-20(29)11-18/h9-11,13-14,23-24,30-31,34H,7-8,12,15H2,1-6H3,(H,32,33). The molecule has 1 aliphatic rings. The number of amides is 1. The summed E-state index contributed by atoms with van der Waals surface area (Å²) in [5.74, 6) is -0.951. The van der Waals surface area contributed by atoms with Gasteiger partial charge in [-0.1, -0.05) is 0 Å². The van der Waals surface area contributed by atoms with Gasteiger partial charge in [0.2, 0.25) is 5.91 Å². The van der Waals surface area contributed by atoms with E-state index in [0.29, 0.717) is 5.56 Å². The summed E-state index contributed by atoms with van der Waals surface area (Å²) in [6, 6.07) is 6.54. The Bertz CT molecular complexity index is 1050.